The highest BCUT2D eigenvalue weighted by Gasteiger charge is 2.22. The predicted octanol–water partition coefficient (Wildman–Crippen LogP) is -0.0484. The summed E-state index contributed by atoms with van der Waals surface area (Å²) < 4.78 is 5.55. The van der Waals surface area contributed by atoms with Gasteiger partial charge in [-0.25, -0.2) is 0 Å². The molecule has 106 valence electrons. The second-order valence-electron chi connectivity index (χ2n) is 5.02. The Hall–Kier alpha value is -1.14. The third-order valence-electron chi connectivity index (χ3n) is 3.29. The highest BCUT2D eigenvalue weighted by molar-refractivity contribution is 5.28. The summed E-state index contributed by atoms with van der Waals surface area (Å²) in [6, 6.07) is 7.56. The summed E-state index contributed by atoms with van der Waals surface area (Å²) in [6.07, 6.45) is -0.0206. The van der Waals surface area contributed by atoms with E-state index in [0.29, 0.717) is 19.6 Å². The number of ether oxygens (including phenoxy) is 1. The minimum absolute atomic E-state index is 0.251. The number of nitrogens with zero attached hydrogens (tertiary/aromatic N) is 1. The molecule has 0 amide bonds. The van der Waals surface area contributed by atoms with Crippen LogP contribution in [-0.2, 0) is 6.54 Å². The molecule has 1 saturated heterocycles. The van der Waals surface area contributed by atoms with Gasteiger partial charge in [0.2, 0.25) is 0 Å². The van der Waals surface area contributed by atoms with Crippen molar-refractivity contribution in [2.24, 2.45) is 5.73 Å². The molecule has 0 radical (unpaired) electrons. The quantitative estimate of drug-likeness (QED) is 0.673. The lowest BCUT2D eigenvalue weighted by molar-refractivity contribution is 0.0707. The number of hydrogen-bond acceptors (Lipinski definition) is 5. The van der Waals surface area contributed by atoms with Gasteiger partial charge in [-0.05, 0) is 24.1 Å². The van der Waals surface area contributed by atoms with Crippen molar-refractivity contribution in [2.75, 3.05) is 26.2 Å². The zero-order valence-corrected chi connectivity index (χ0v) is 11.0. The van der Waals surface area contributed by atoms with Gasteiger partial charge < -0.3 is 20.7 Å². The van der Waals surface area contributed by atoms with Crippen LogP contribution in [0.4, 0.5) is 0 Å². The summed E-state index contributed by atoms with van der Waals surface area (Å²) >= 11 is 0. The van der Waals surface area contributed by atoms with Crippen molar-refractivity contribution >= 4 is 0 Å². The maximum Gasteiger partial charge on any atom is 0.119 e. The van der Waals surface area contributed by atoms with Crippen LogP contribution in [0, 0.1) is 0 Å². The summed E-state index contributed by atoms with van der Waals surface area (Å²) in [5.74, 6) is 0.725. The first kappa shape index (κ1) is 14.3. The zero-order valence-electron chi connectivity index (χ0n) is 11.0. The van der Waals surface area contributed by atoms with Crippen molar-refractivity contribution in [1.29, 1.82) is 0 Å². The Balaban J connectivity index is 1.74. The van der Waals surface area contributed by atoms with E-state index in [1.807, 2.05) is 24.3 Å². The minimum Gasteiger partial charge on any atom is -0.491 e. The summed E-state index contributed by atoms with van der Waals surface area (Å²) in [6.45, 7) is 2.74. The molecule has 0 spiro atoms. The fourth-order valence-corrected chi connectivity index (χ4v) is 2.28. The molecule has 1 aliphatic rings. The van der Waals surface area contributed by atoms with E-state index in [1.165, 1.54) is 0 Å². The molecule has 1 heterocycles. The molecule has 19 heavy (non-hydrogen) atoms. The molecule has 0 bridgehead atoms. The molecular formula is C14H22N2O3. The number of benzene rings is 1. The Morgan fingerprint density at radius 2 is 2.32 bits per heavy atom. The van der Waals surface area contributed by atoms with Gasteiger partial charge in [0.05, 0.1) is 6.10 Å². The van der Waals surface area contributed by atoms with Crippen molar-refractivity contribution < 1.29 is 14.9 Å². The van der Waals surface area contributed by atoms with Crippen LogP contribution in [0.5, 0.6) is 5.75 Å². The second kappa shape index (κ2) is 6.86. The molecule has 2 rings (SSSR count). The molecule has 2 atom stereocenters. The SMILES string of the molecule is NCc1cccc(OCC(O)CN2CCC(O)C2)c1. The number of aliphatic hydroxyl groups excluding tert-OH is 2. The molecule has 2 unspecified atom stereocenters. The Morgan fingerprint density at radius 3 is 3.00 bits per heavy atom. The Kier molecular flexibility index (Phi) is 5.15. The van der Waals surface area contributed by atoms with Crippen molar-refractivity contribution in [3.05, 3.63) is 29.8 Å². The van der Waals surface area contributed by atoms with Crippen LogP contribution in [-0.4, -0.2) is 53.6 Å². The first-order valence-electron chi connectivity index (χ1n) is 6.67. The number of hydrogen-bond donors (Lipinski definition) is 3. The third kappa shape index (κ3) is 4.47. The molecule has 5 nitrogen and oxygen atoms in total. The fraction of sp³-hybridized carbons (Fsp3) is 0.571. The highest BCUT2D eigenvalue weighted by Crippen LogP contribution is 2.14. The van der Waals surface area contributed by atoms with E-state index in [9.17, 15) is 10.2 Å². The van der Waals surface area contributed by atoms with E-state index < -0.39 is 6.10 Å². The van der Waals surface area contributed by atoms with Crippen molar-refractivity contribution in [1.82, 2.24) is 4.90 Å². The highest BCUT2D eigenvalue weighted by atomic mass is 16.5. The normalized spacial score (nSPS) is 21.5. The Morgan fingerprint density at radius 1 is 1.47 bits per heavy atom. The smallest absolute Gasteiger partial charge is 0.119 e. The molecule has 0 aliphatic carbocycles. The topological polar surface area (TPSA) is 79.0 Å². The second-order valence-corrected chi connectivity index (χ2v) is 5.02. The molecule has 4 N–H and O–H groups in total. The summed E-state index contributed by atoms with van der Waals surface area (Å²) in [5.41, 5.74) is 6.57. The lowest BCUT2D eigenvalue weighted by Gasteiger charge is -2.19. The number of aliphatic hydroxyl groups is 2. The lowest BCUT2D eigenvalue weighted by atomic mass is 10.2. The van der Waals surface area contributed by atoms with Gasteiger partial charge in [-0.1, -0.05) is 12.1 Å². The molecule has 5 heteroatoms. The molecule has 0 saturated carbocycles. The van der Waals surface area contributed by atoms with Gasteiger partial charge in [0.1, 0.15) is 18.5 Å². The van der Waals surface area contributed by atoms with Gasteiger partial charge in [0.15, 0.2) is 0 Å². The average Bonchev–Trinajstić information content (AvgIpc) is 2.82. The van der Waals surface area contributed by atoms with Gasteiger partial charge in [-0.15, -0.1) is 0 Å². The summed E-state index contributed by atoms with van der Waals surface area (Å²) in [7, 11) is 0. The first-order valence-corrected chi connectivity index (χ1v) is 6.67. The third-order valence-corrected chi connectivity index (χ3v) is 3.29. The van der Waals surface area contributed by atoms with Crippen LogP contribution < -0.4 is 10.5 Å². The summed E-state index contributed by atoms with van der Waals surface area (Å²) in [4.78, 5) is 2.05. The van der Waals surface area contributed by atoms with E-state index in [0.717, 1.165) is 24.3 Å². The van der Waals surface area contributed by atoms with Crippen LogP contribution in [0.1, 0.15) is 12.0 Å². The predicted molar refractivity (Wildman–Crippen MR) is 72.9 cm³/mol. The van der Waals surface area contributed by atoms with Crippen molar-refractivity contribution in [3.63, 3.8) is 0 Å². The van der Waals surface area contributed by atoms with Crippen LogP contribution in [0.2, 0.25) is 0 Å². The summed E-state index contributed by atoms with van der Waals surface area (Å²) in [5, 5.41) is 19.3. The van der Waals surface area contributed by atoms with Gasteiger partial charge in [-0.3, -0.25) is 4.90 Å². The zero-order chi connectivity index (χ0) is 13.7. The number of likely N-dealkylation sites (tertiary alicyclic amines) is 1. The van der Waals surface area contributed by atoms with E-state index >= 15 is 0 Å². The number of rotatable bonds is 6. The van der Waals surface area contributed by atoms with E-state index in [2.05, 4.69) is 4.90 Å². The Bertz CT molecular complexity index is 400. The molecule has 0 aromatic heterocycles. The van der Waals surface area contributed by atoms with E-state index in [1.54, 1.807) is 0 Å². The molecule has 1 aliphatic heterocycles. The van der Waals surface area contributed by atoms with E-state index in [4.69, 9.17) is 10.5 Å². The van der Waals surface area contributed by atoms with E-state index in [-0.39, 0.29) is 12.7 Å². The van der Waals surface area contributed by atoms with Gasteiger partial charge >= 0.3 is 0 Å². The standard InChI is InChI=1S/C14H22N2O3/c15-7-11-2-1-3-14(6-11)19-10-13(18)9-16-5-4-12(17)8-16/h1-3,6,12-13,17-18H,4-5,7-10,15H2. The monoisotopic (exact) mass is 266 g/mol. The van der Waals surface area contributed by atoms with Gasteiger partial charge in [0, 0.05) is 26.2 Å². The average molecular weight is 266 g/mol. The van der Waals surface area contributed by atoms with Crippen molar-refractivity contribution in [2.45, 2.75) is 25.2 Å². The minimum atomic E-state index is -0.549. The van der Waals surface area contributed by atoms with Crippen molar-refractivity contribution in [3.8, 4) is 5.75 Å². The lowest BCUT2D eigenvalue weighted by Crippen LogP contribution is -2.34. The Labute approximate surface area is 113 Å². The molecule has 1 aromatic rings. The van der Waals surface area contributed by atoms with Crippen LogP contribution >= 0.6 is 0 Å². The molecular weight excluding hydrogens is 244 g/mol. The fourth-order valence-electron chi connectivity index (χ4n) is 2.28. The number of β-amino-alcohol motifs (C(OH)–C–C–N with tert-alkyl or cyclic N) is 2. The largest absolute Gasteiger partial charge is 0.491 e. The van der Waals surface area contributed by atoms with Crippen LogP contribution in [0.15, 0.2) is 24.3 Å². The molecule has 1 aromatic carbocycles. The maximum absolute atomic E-state index is 9.91. The number of nitrogens with two attached hydrogens (primary N) is 1. The van der Waals surface area contributed by atoms with Gasteiger partial charge in [0.25, 0.3) is 0 Å². The first-order chi connectivity index (χ1) is 9.17. The maximum atomic E-state index is 9.91. The van der Waals surface area contributed by atoms with Crippen LogP contribution in [0.25, 0.3) is 0 Å². The van der Waals surface area contributed by atoms with Gasteiger partial charge in [-0.2, -0.15) is 0 Å². The molecule has 1 fully saturated rings. The van der Waals surface area contributed by atoms with Crippen LogP contribution in [0.3, 0.4) is 0 Å².